The lowest BCUT2D eigenvalue weighted by molar-refractivity contribution is -0.132. The maximum atomic E-state index is 14.0. The number of halogens is 1. The molecule has 0 aliphatic carbocycles. The molecule has 164 valence electrons. The number of ketones is 1. The number of hydrogen-bond donors (Lipinski definition) is 1. The number of benzene rings is 2. The van der Waals surface area contributed by atoms with Crippen molar-refractivity contribution in [3.8, 4) is 11.5 Å². The van der Waals surface area contributed by atoms with Crippen molar-refractivity contribution in [2.24, 2.45) is 0 Å². The van der Waals surface area contributed by atoms with Crippen LogP contribution in [0.1, 0.15) is 22.0 Å². The maximum absolute atomic E-state index is 14.0. The van der Waals surface area contributed by atoms with E-state index in [1.54, 1.807) is 18.2 Å². The largest absolute Gasteiger partial charge is 0.507 e. The number of aryl methyl sites for hydroxylation is 1. The first-order chi connectivity index (χ1) is 15.4. The first-order valence-corrected chi connectivity index (χ1v) is 10.6. The van der Waals surface area contributed by atoms with Crippen molar-refractivity contribution in [3.05, 3.63) is 81.3 Å². The first-order valence-electron chi connectivity index (χ1n) is 9.70. The third kappa shape index (κ3) is 3.52. The molecule has 2 aromatic carbocycles. The molecule has 1 saturated heterocycles. The fourth-order valence-corrected chi connectivity index (χ4v) is 4.80. The van der Waals surface area contributed by atoms with E-state index in [-0.39, 0.29) is 17.0 Å². The molecule has 1 aromatic heterocycles. The molecule has 8 heteroatoms. The zero-order valence-corrected chi connectivity index (χ0v) is 18.4. The molecule has 1 fully saturated rings. The maximum Gasteiger partial charge on any atom is 0.300 e. The average Bonchev–Trinajstić information content (AvgIpc) is 3.33. The highest BCUT2D eigenvalue weighted by Crippen LogP contribution is 2.45. The number of carbonyl (C=O) groups excluding carboxylic acids is 2. The van der Waals surface area contributed by atoms with E-state index in [1.165, 1.54) is 54.7 Å². The lowest BCUT2D eigenvalue weighted by Crippen LogP contribution is -2.29. The molecular formula is C24H20FNO5S. The van der Waals surface area contributed by atoms with E-state index in [2.05, 4.69) is 0 Å². The summed E-state index contributed by atoms with van der Waals surface area (Å²) >= 11 is 1.35. The number of thiophene rings is 1. The Morgan fingerprint density at radius 2 is 1.81 bits per heavy atom. The number of anilines is 1. The van der Waals surface area contributed by atoms with Gasteiger partial charge in [-0.15, -0.1) is 11.3 Å². The molecule has 4 rings (SSSR count). The van der Waals surface area contributed by atoms with Gasteiger partial charge in [0.25, 0.3) is 11.7 Å². The summed E-state index contributed by atoms with van der Waals surface area (Å²) in [5, 5.41) is 13.0. The van der Waals surface area contributed by atoms with E-state index in [0.29, 0.717) is 21.9 Å². The van der Waals surface area contributed by atoms with E-state index < -0.39 is 23.5 Å². The summed E-state index contributed by atoms with van der Waals surface area (Å²) in [6.45, 7) is 1.86. The topological polar surface area (TPSA) is 76.1 Å². The van der Waals surface area contributed by atoms with E-state index in [9.17, 15) is 19.1 Å². The number of aliphatic hydroxyl groups excluding tert-OH is 1. The summed E-state index contributed by atoms with van der Waals surface area (Å²) in [5.74, 6) is -1.75. The Kier molecular flexibility index (Phi) is 5.71. The van der Waals surface area contributed by atoms with Crippen molar-refractivity contribution < 1.29 is 28.6 Å². The summed E-state index contributed by atoms with van der Waals surface area (Å²) in [5.41, 5.74) is 1.30. The highest BCUT2D eigenvalue weighted by Gasteiger charge is 2.48. The summed E-state index contributed by atoms with van der Waals surface area (Å²) in [6, 6.07) is 11.1. The van der Waals surface area contributed by atoms with Crippen molar-refractivity contribution in [1.29, 1.82) is 0 Å². The molecule has 1 N–H and O–H groups in total. The second kappa shape index (κ2) is 8.47. The Hall–Kier alpha value is -3.65. The van der Waals surface area contributed by atoms with Gasteiger partial charge in [-0.05, 0) is 60.3 Å². The van der Waals surface area contributed by atoms with Gasteiger partial charge in [-0.1, -0.05) is 6.07 Å². The van der Waals surface area contributed by atoms with Gasteiger partial charge in [0, 0.05) is 16.1 Å². The minimum absolute atomic E-state index is 0.0722. The summed E-state index contributed by atoms with van der Waals surface area (Å²) in [4.78, 5) is 28.1. The second-order valence-corrected chi connectivity index (χ2v) is 8.13. The molecule has 0 spiro atoms. The first kappa shape index (κ1) is 21.6. The van der Waals surface area contributed by atoms with Crippen LogP contribution in [0.3, 0.4) is 0 Å². The van der Waals surface area contributed by atoms with Gasteiger partial charge in [-0.25, -0.2) is 4.39 Å². The SMILES string of the molecule is COc1ccc(/C(O)=C2/C(=O)C(=O)N(c3cccc(F)c3)C2c2sccc2C)cc1OC. The molecule has 32 heavy (non-hydrogen) atoms. The van der Waals surface area contributed by atoms with Crippen molar-refractivity contribution in [3.63, 3.8) is 0 Å². The van der Waals surface area contributed by atoms with Gasteiger partial charge < -0.3 is 14.6 Å². The summed E-state index contributed by atoms with van der Waals surface area (Å²) in [6.07, 6.45) is 0. The molecule has 1 aliphatic heterocycles. The van der Waals surface area contributed by atoms with Gasteiger partial charge >= 0.3 is 0 Å². The van der Waals surface area contributed by atoms with E-state index >= 15 is 0 Å². The molecule has 1 amide bonds. The van der Waals surface area contributed by atoms with Crippen LogP contribution in [-0.4, -0.2) is 31.0 Å². The third-order valence-electron chi connectivity index (χ3n) is 5.34. The number of rotatable bonds is 5. The van der Waals surface area contributed by atoms with Gasteiger partial charge in [0.1, 0.15) is 17.6 Å². The highest BCUT2D eigenvalue weighted by molar-refractivity contribution is 7.10. The highest BCUT2D eigenvalue weighted by atomic mass is 32.1. The smallest absolute Gasteiger partial charge is 0.300 e. The van der Waals surface area contributed by atoms with E-state index in [1.807, 2.05) is 18.4 Å². The molecule has 1 aliphatic rings. The molecule has 1 unspecified atom stereocenters. The average molecular weight is 453 g/mol. The number of aliphatic hydroxyl groups is 1. The predicted octanol–water partition coefficient (Wildman–Crippen LogP) is 4.84. The van der Waals surface area contributed by atoms with Crippen LogP contribution in [-0.2, 0) is 9.59 Å². The van der Waals surface area contributed by atoms with Crippen LogP contribution in [0.25, 0.3) is 5.76 Å². The van der Waals surface area contributed by atoms with Crippen molar-refractivity contribution in [2.45, 2.75) is 13.0 Å². The minimum atomic E-state index is -0.898. The zero-order chi connectivity index (χ0) is 23.0. The quantitative estimate of drug-likeness (QED) is 0.340. The third-order valence-corrected chi connectivity index (χ3v) is 6.41. The molecule has 0 saturated carbocycles. The molecular weight excluding hydrogens is 433 g/mol. The normalized spacial score (nSPS) is 17.6. The molecule has 1 atom stereocenters. The molecule has 6 nitrogen and oxygen atoms in total. The summed E-state index contributed by atoms with van der Waals surface area (Å²) in [7, 11) is 2.95. The Bertz CT molecular complexity index is 1250. The number of carbonyl (C=O) groups is 2. The minimum Gasteiger partial charge on any atom is -0.507 e. The van der Waals surface area contributed by atoms with Gasteiger partial charge in [0.15, 0.2) is 11.5 Å². The molecule has 3 aromatic rings. The zero-order valence-electron chi connectivity index (χ0n) is 17.6. The fourth-order valence-electron chi connectivity index (χ4n) is 3.78. The Labute approximate surface area is 188 Å². The lowest BCUT2D eigenvalue weighted by atomic mass is 9.98. The molecule has 0 radical (unpaired) electrons. The number of methoxy groups -OCH3 is 2. The van der Waals surface area contributed by atoms with Crippen molar-refractivity contribution in [1.82, 2.24) is 0 Å². The summed E-state index contributed by atoms with van der Waals surface area (Å²) < 4.78 is 24.5. The molecule has 0 bridgehead atoms. The van der Waals surface area contributed by atoms with Crippen LogP contribution in [0.15, 0.2) is 59.5 Å². The van der Waals surface area contributed by atoms with E-state index in [4.69, 9.17) is 9.47 Å². The number of hydrogen-bond acceptors (Lipinski definition) is 6. The van der Waals surface area contributed by atoms with Crippen LogP contribution in [0.5, 0.6) is 11.5 Å². The van der Waals surface area contributed by atoms with Crippen LogP contribution in [0.2, 0.25) is 0 Å². The monoisotopic (exact) mass is 453 g/mol. The number of Topliss-reactive ketones (excluding diaryl/α,β-unsaturated/α-hetero) is 1. The standard InChI is InChI=1S/C24H20FNO5S/c1-13-9-10-32-23(13)20-19(21(27)14-7-8-17(30-2)18(11-14)31-3)22(28)24(29)26(20)16-6-4-5-15(25)12-16/h4-12,20,27H,1-3H3/b21-19-. The Morgan fingerprint density at radius 1 is 1.06 bits per heavy atom. The Morgan fingerprint density at radius 3 is 2.44 bits per heavy atom. The number of amides is 1. The van der Waals surface area contributed by atoms with Crippen LogP contribution in [0.4, 0.5) is 10.1 Å². The van der Waals surface area contributed by atoms with Crippen LogP contribution >= 0.6 is 11.3 Å². The lowest BCUT2D eigenvalue weighted by Gasteiger charge is -2.25. The number of ether oxygens (including phenoxy) is 2. The van der Waals surface area contributed by atoms with Crippen LogP contribution < -0.4 is 14.4 Å². The predicted molar refractivity (Wildman–Crippen MR) is 120 cm³/mol. The van der Waals surface area contributed by atoms with Crippen LogP contribution in [0, 0.1) is 12.7 Å². The van der Waals surface area contributed by atoms with Gasteiger partial charge in [-0.2, -0.15) is 0 Å². The second-order valence-electron chi connectivity index (χ2n) is 7.19. The van der Waals surface area contributed by atoms with Gasteiger partial charge in [-0.3, -0.25) is 14.5 Å². The Balaban J connectivity index is 1.95. The van der Waals surface area contributed by atoms with Gasteiger partial charge in [0.2, 0.25) is 0 Å². The molecule has 2 heterocycles. The number of nitrogens with zero attached hydrogens (tertiary/aromatic N) is 1. The van der Waals surface area contributed by atoms with Gasteiger partial charge in [0.05, 0.1) is 19.8 Å². The van der Waals surface area contributed by atoms with Crippen molar-refractivity contribution in [2.75, 3.05) is 19.1 Å². The fraction of sp³-hybridized carbons (Fsp3) is 0.167. The van der Waals surface area contributed by atoms with E-state index in [0.717, 1.165) is 5.56 Å². The van der Waals surface area contributed by atoms with Crippen molar-refractivity contribution >= 4 is 34.5 Å².